The molecule has 2 rings (SSSR count). The molecule has 2 aromatic heterocycles. The minimum atomic E-state index is -0.548. The average Bonchev–Trinajstić information content (AvgIpc) is 3.15. The number of hydrazone groups is 1. The van der Waals surface area contributed by atoms with Crippen LogP contribution in [0.1, 0.15) is 34.8 Å². The minimum absolute atomic E-state index is 0.278. The van der Waals surface area contributed by atoms with Crippen molar-refractivity contribution in [2.24, 2.45) is 5.10 Å². The number of hydrogen-bond acceptors (Lipinski definition) is 7. The molecule has 0 radical (unpaired) electrons. The number of nitrogens with one attached hydrogen (secondary N) is 2. The first kappa shape index (κ1) is 17.1. The molecule has 0 saturated heterocycles. The van der Waals surface area contributed by atoms with Crippen molar-refractivity contribution < 1.29 is 14.3 Å². The summed E-state index contributed by atoms with van der Waals surface area (Å²) in [5.74, 6) is -0.278. The lowest BCUT2D eigenvalue weighted by atomic mass is 10.2. The number of anilines is 1. The van der Waals surface area contributed by atoms with Crippen LogP contribution in [0.5, 0.6) is 0 Å². The Labute approximate surface area is 141 Å². The van der Waals surface area contributed by atoms with Gasteiger partial charge >= 0.3 is 6.09 Å². The van der Waals surface area contributed by atoms with Gasteiger partial charge in [0.05, 0.1) is 28.5 Å². The molecule has 0 fully saturated rings. The summed E-state index contributed by atoms with van der Waals surface area (Å²) in [6.07, 6.45) is -0.548. The van der Waals surface area contributed by atoms with Crippen molar-refractivity contribution >= 4 is 45.6 Å². The number of ether oxygens (including phenoxy) is 1. The molecule has 0 atom stereocenters. The van der Waals surface area contributed by atoms with Crippen LogP contribution >= 0.6 is 22.9 Å². The molecule has 2 heterocycles. The Morgan fingerprint density at radius 1 is 1.43 bits per heavy atom. The normalized spacial score (nSPS) is 11.2. The second kappa shape index (κ2) is 7.84. The van der Waals surface area contributed by atoms with E-state index in [1.165, 1.54) is 11.3 Å². The summed E-state index contributed by atoms with van der Waals surface area (Å²) in [7, 11) is 0. The van der Waals surface area contributed by atoms with Crippen molar-refractivity contribution in [3.8, 4) is 0 Å². The fourth-order valence-corrected chi connectivity index (χ4v) is 3.24. The van der Waals surface area contributed by atoms with E-state index in [9.17, 15) is 9.59 Å². The highest BCUT2D eigenvalue weighted by Gasteiger charge is 2.17. The van der Waals surface area contributed by atoms with Crippen molar-refractivity contribution in [3.63, 3.8) is 0 Å². The van der Waals surface area contributed by atoms with Gasteiger partial charge in [0.25, 0.3) is 5.91 Å². The van der Waals surface area contributed by atoms with E-state index < -0.39 is 6.09 Å². The monoisotopic (exact) mass is 352 g/mol. The Morgan fingerprint density at radius 2 is 2.22 bits per heavy atom. The van der Waals surface area contributed by atoms with Crippen molar-refractivity contribution in [1.29, 1.82) is 0 Å². The molecular weight excluding hydrogens is 336 g/mol. The van der Waals surface area contributed by atoms with Crippen molar-refractivity contribution in [1.82, 2.24) is 9.80 Å². The van der Waals surface area contributed by atoms with E-state index in [0.717, 1.165) is 11.5 Å². The molecule has 0 aliphatic heterocycles. The van der Waals surface area contributed by atoms with E-state index in [0.29, 0.717) is 26.8 Å². The Morgan fingerprint density at radius 3 is 2.87 bits per heavy atom. The molecule has 0 saturated carbocycles. The highest BCUT2D eigenvalue weighted by Crippen LogP contribution is 2.25. The number of aryl methyl sites for hydroxylation is 1. The van der Waals surface area contributed by atoms with Gasteiger partial charge in [-0.3, -0.25) is 10.1 Å². The molecule has 0 bridgehead atoms. The molecule has 0 aromatic carbocycles. The van der Waals surface area contributed by atoms with Gasteiger partial charge in [-0.1, -0.05) is 6.07 Å². The Kier molecular flexibility index (Phi) is 5.83. The van der Waals surface area contributed by atoms with Crippen LogP contribution < -0.4 is 10.7 Å². The van der Waals surface area contributed by atoms with Crippen LogP contribution in [0.3, 0.4) is 0 Å². The predicted molar refractivity (Wildman–Crippen MR) is 91.5 cm³/mol. The molecule has 2 amide bonds. The van der Waals surface area contributed by atoms with E-state index in [1.54, 1.807) is 26.0 Å². The standard InChI is InChI=1S/C14H16N4O3S2/c1-4-21-14(20)15-13-11(9(3)18-23-13)8(2)16-17-12(19)10-6-5-7-22-10/h5-7H,4H2,1-3H3,(H,15,20)(H,17,19)/b16-8+. The third kappa shape index (κ3) is 4.36. The van der Waals surface area contributed by atoms with Crippen LogP contribution in [0.4, 0.5) is 9.80 Å². The molecule has 2 N–H and O–H groups in total. The van der Waals surface area contributed by atoms with Gasteiger partial charge in [0.15, 0.2) is 0 Å². The van der Waals surface area contributed by atoms with Crippen molar-refractivity contribution in [2.75, 3.05) is 11.9 Å². The molecule has 0 unspecified atom stereocenters. The molecule has 9 heteroatoms. The lowest BCUT2D eigenvalue weighted by Crippen LogP contribution is -2.19. The van der Waals surface area contributed by atoms with Crippen LogP contribution in [0.15, 0.2) is 22.6 Å². The lowest BCUT2D eigenvalue weighted by molar-refractivity contribution is 0.0959. The second-order valence-electron chi connectivity index (χ2n) is 4.43. The van der Waals surface area contributed by atoms with Crippen LogP contribution in [-0.4, -0.2) is 28.7 Å². The predicted octanol–water partition coefficient (Wildman–Crippen LogP) is 3.24. The second-order valence-corrected chi connectivity index (χ2v) is 6.15. The largest absolute Gasteiger partial charge is 0.450 e. The summed E-state index contributed by atoms with van der Waals surface area (Å²) in [4.78, 5) is 24.0. The Hall–Kier alpha value is -2.26. The maximum atomic E-state index is 11.9. The van der Waals surface area contributed by atoms with Crippen molar-refractivity contribution in [2.45, 2.75) is 20.8 Å². The van der Waals surface area contributed by atoms with Gasteiger partial charge in [-0.2, -0.15) is 9.47 Å². The summed E-state index contributed by atoms with van der Waals surface area (Å²) in [6.45, 7) is 5.55. The summed E-state index contributed by atoms with van der Waals surface area (Å²) in [5, 5.41) is 9.08. The summed E-state index contributed by atoms with van der Waals surface area (Å²) in [5.41, 5.74) is 4.44. The third-order valence-corrected chi connectivity index (χ3v) is 4.51. The highest BCUT2D eigenvalue weighted by atomic mass is 32.1. The van der Waals surface area contributed by atoms with E-state index in [4.69, 9.17) is 4.74 Å². The number of carbonyl (C=O) groups excluding carboxylic acids is 2. The maximum Gasteiger partial charge on any atom is 0.412 e. The number of nitrogens with zero attached hydrogens (tertiary/aromatic N) is 2. The summed E-state index contributed by atoms with van der Waals surface area (Å²) in [6, 6.07) is 3.51. The first-order chi connectivity index (χ1) is 11.0. The zero-order valence-electron chi connectivity index (χ0n) is 12.9. The van der Waals surface area contributed by atoms with Gasteiger partial charge in [0, 0.05) is 0 Å². The number of rotatable bonds is 5. The fourth-order valence-electron chi connectivity index (χ4n) is 1.79. The Bertz CT molecular complexity index is 722. The summed E-state index contributed by atoms with van der Waals surface area (Å²) < 4.78 is 9.07. The number of thiophene rings is 1. The van der Waals surface area contributed by atoms with Gasteiger partial charge < -0.3 is 4.74 Å². The molecule has 2 aromatic rings. The molecule has 23 heavy (non-hydrogen) atoms. The zero-order chi connectivity index (χ0) is 16.8. The summed E-state index contributed by atoms with van der Waals surface area (Å²) >= 11 is 2.47. The zero-order valence-corrected chi connectivity index (χ0v) is 14.5. The van der Waals surface area contributed by atoms with Crippen molar-refractivity contribution in [3.05, 3.63) is 33.6 Å². The topological polar surface area (TPSA) is 92.7 Å². The first-order valence-electron chi connectivity index (χ1n) is 6.81. The Balaban J connectivity index is 2.13. The van der Waals surface area contributed by atoms with Gasteiger partial charge in [-0.15, -0.1) is 11.3 Å². The quantitative estimate of drug-likeness (QED) is 0.638. The van der Waals surface area contributed by atoms with E-state index in [2.05, 4.69) is 20.2 Å². The molecule has 122 valence electrons. The maximum absolute atomic E-state index is 11.9. The SMILES string of the molecule is CCOC(=O)Nc1snc(C)c1/C(C)=N/NC(=O)c1cccs1. The molecular formula is C14H16N4O3S2. The fraction of sp³-hybridized carbons (Fsp3) is 0.286. The lowest BCUT2D eigenvalue weighted by Gasteiger charge is -2.06. The molecule has 0 aliphatic carbocycles. The highest BCUT2D eigenvalue weighted by molar-refractivity contribution is 7.12. The van der Waals surface area contributed by atoms with Crippen LogP contribution in [0, 0.1) is 6.92 Å². The van der Waals surface area contributed by atoms with Crippen LogP contribution in [0.2, 0.25) is 0 Å². The van der Waals surface area contributed by atoms with Gasteiger partial charge in [-0.25, -0.2) is 10.2 Å². The van der Waals surface area contributed by atoms with Gasteiger partial charge in [0.2, 0.25) is 0 Å². The first-order valence-corrected chi connectivity index (χ1v) is 8.46. The smallest absolute Gasteiger partial charge is 0.412 e. The number of carbonyl (C=O) groups is 2. The molecule has 0 spiro atoms. The van der Waals surface area contributed by atoms with Crippen LogP contribution in [0.25, 0.3) is 0 Å². The van der Waals surface area contributed by atoms with Crippen LogP contribution in [-0.2, 0) is 4.74 Å². The van der Waals surface area contributed by atoms with Gasteiger partial charge in [0.1, 0.15) is 5.00 Å². The van der Waals surface area contributed by atoms with E-state index in [-0.39, 0.29) is 12.5 Å². The number of hydrogen-bond donors (Lipinski definition) is 2. The van der Waals surface area contributed by atoms with E-state index >= 15 is 0 Å². The van der Waals surface area contributed by atoms with E-state index in [1.807, 2.05) is 12.3 Å². The molecule has 7 nitrogen and oxygen atoms in total. The minimum Gasteiger partial charge on any atom is -0.450 e. The third-order valence-electron chi connectivity index (χ3n) is 2.79. The van der Waals surface area contributed by atoms with Gasteiger partial charge in [-0.05, 0) is 43.8 Å². The number of amides is 2. The average molecular weight is 352 g/mol. The molecule has 0 aliphatic rings. The number of aromatic nitrogens is 1.